The van der Waals surface area contributed by atoms with Gasteiger partial charge in [-0.2, -0.15) is 9.78 Å². The van der Waals surface area contributed by atoms with Crippen molar-refractivity contribution < 1.29 is 23.6 Å². The van der Waals surface area contributed by atoms with Gasteiger partial charge in [0.05, 0.1) is 34.8 Å². The summed E-state index contributed by atoms with van der Waals surface area (Å²) in [4.78, 5) is 41.6. The number of rotatable bonds is 10. The molecular formula is C28H25BrFN5O6. The molecule has 41 heavy (non-hydrogen) atoms. The van der Waals surface area contributed by atoms with Crippen LogP contribution in [0, 0.1) is 15.9 Å². The summed E-state index contributed by atoms with van der Waals surface area (Å²) >= 11 is 3.37. The van der Waals surface area contributed by atoms with Gasteiger partial charge in [-0.05, 0) is 42.8 Å². The van der Waals surface area contributed by atoms with Crippen molar-refractivity contribution in [3.8, 4) is 11.5 Å². The Morgan fingerprint density at radius 2 is 2.02 bits per heavy atom. The van der Waals surface area contributed by atoms with Crippen molar-refractivity contribution in [2.75, 3.05) is 19.0 Å². The van der Waals surface area contributed by atoms with E-state index in [0.29, 0.717) is 27.6 Å². The molecule has 4 aromatic rings. The maximum absolute atomic E-state index is 13.8. The van der Waals surface area contributed by atoms with Crippen LogP contribution in [-0.2, 0) is 4.79 Å². The molecule has 0 aliphatic heterocycles. The molecule has 13 heteroatoms. The lowest BCUT2D eigenvalue weighted by Gasteiger charge is -2.14. The van der Waals surface area contributed by atoms with Crippen LogP contribution in [0.1, 0.15) is 37.6 Å². The van der Waals surface area contributed by atoms with Crippen molar-refractivity contribution >= 4 is 50.3 Å². The summed E-state index contributed by atoms with van der Waals surface area (Å²) in [6, 6.07) is 13.3. The highest BCUT2D eigenvalue weighted by Gasteiger charge is 2.24. The van der Waals surface area contributed by atoms with Crippen LogP contribution in [0.4, 0.5) is 15.8 Å². The van der Waals surface area contributed by atoms with E-state index in [9.17, 15) is 24.1 Å². The van der Waals surface area contributed by atoms with Crippen LogP contribution in [-0.4, -0.2) is 40.4 Å². The number of nitrogens with zero attached hydrogens (tertiary/aromatic N) is 4. The van der Waals surface area contributed by atoms with Gasteiger partial charge in [0.2, 0.25) is 5.75 Å². The van der Waals surface area contributed by atoms with Gasteiger partial charge in [0.25, 0.3) is 11.5 Å². The van der Waals surface area contributed by atoms with E-state index in [4.69, 9.17) is 9.47 Å². The number of nitro groups is 1. The number of ether oxygens (including phenoxy) is 2. The Hall–Kier alpha value is -4.65. The van der Waals surface area contributed by atoms with Crippen molar-refractivity contribution in [2.24, 2.45) is 5.10 Å². The van der Waals surface area contributed by atoms with Crippen LogP contribution >= 0.6 is 15.9 Å². The highest BCUT2D eigenvalue weighted by atomic mass is 79.9. The molecule has 0 unspecified atom stereocenters. The van der Waals surface area contributed by atoms with Crippen LogP contribution in [0.3, 0.4) is 0 Å². The zero-order chi connectivity index (χ0) is 29.7. The molecule has 0 radical (unpaired) electrons. The smallest absolute Gasteiger partial charge is 0.315 e. The van der Waals surface area contributed by atoms with Gasteiger partial charge in [0.1, 0.15) is 11.6 Å². The second-order valence-electron chi connectivity index (χ2n) is 8.95. The van der Waals surface area contributed by atoms with Gasteiger partial charge < -0.3 is 14.8 Å². The van der Waals surface area contributed by atoms with E-state index in [-0.39, 0.29) is 28.7 Å². The molecule has 1 atom stereocenters. The largest absolute Gasteiger partial charge is 0.493 e. The standard InChI is InChI=1S/C28H25BrFN5O6/c1-4-16(2)27-33-21-10-9-18(29)13-19(21)28(37)34(27)31-14-17-11-23(35(38)39)26(24(12-17)40-3)41-15-25(36)32-22-8-6-5-7-20(22)30/h5-14,16H,4,15H2,1-3H3,(H,32,36)/t16-/m0/s1. The lowest BCUT2D eigenvalue weighted by Crippen LogP contribution is -2.23. The first-order valence-corrected chi connectivity index (χ1v) is 13.2. The van der Waals surface area contributed by atoms with Crippen molar-refractivity contribution in [1.82, 2.24) is 9.66 Å². The van der Waals surface area contributed by atoms with E-state index in [0.717, 1.165) is 0 Å². The van der Waals surface area contributed by atoms with Crippen LogP contribution in [0.25, 0.3) is 10.9 Å². The third kappa shape index (κ3) is 6.57. The first-order chi connectivity index (χ1) is 19.6. The number of fused-ring (bicyclic) bond motifs is 1. The molecule has 1 heterocycles. The number of halogens is 2. The minimum Gasteiger partial charge on any atom is -0.493 e. The summed E-state index contributed by atoms with van der Waals surface area (Å²) in [6.07, 6.45) is 1.97. The zero-order valence-electron chi connectivity index (χ0n) is 22.3. The summed E-state index contributed by atoms with van der Waals surface area (Å²) in [5, 5.41) is 19.0. The number of hydrogen-bond acceptors (Lipinski definition) is 8. The summed E-state index contributed by atoms with van der Waals surface area (Å²) in [6.45, 7) is 3.23. The Kier molecular flexibility index (Phi) is 9.07. The Bertz CT molecular complexity index is 1720. The number of para-hydroxylation sites is 1. The molecule has 11 nitrogen and oxygen atoms in total. The fourth-order valence-corrected chi connectivity index (χ4v) is 4.27. The number of nitrogens with one attached hydrogen (secondary N) is 1. The van der Waals surface area contributed by atoms with Gasteiger partial charge in [-0.25, -0.2) is 9.37 Å². The predicted octanol–water partition coefficient (Wildman–Crippen LogP) is 5.63. The molecule has 4 rings (SSSR count). The molecule has 1 aromatic heterocycles. The van der Waals surface area contributed by atoms with E-state index in [1.165, 1.54) is 48.3 Å². The average molecular weight is 626 g/mol. The number of methoxy groups -OCH3 is 1. The highest BCUT2D eigenvalue weighted by molar-refractivity contribution is 9.10. The molecule has 3 aromatic carbocycles. The third-order valence-corrected chi connectivity index (χ3v) is 6.67. The Balaban J connectivity index is 1.68. The fourth-order valence-electron chi connectivity index (χ4n) is 3.91. The molecule has 1 amide bonds. The second kappa shape index (κ2) is 12.7. The van der Waals surface area contributed by atoms with E-state index in [1.54, 1.807) is 24.3 Å². The number of carbonyl (C=O) groups is 1. The van der Waals surface area contributed by atoms with Crippen molar-refractivity contribution in [1.29, 1.82) is 0 Å². The van der Waals surface area contributed by atoms with Crippen LogP contribution < -0.4 is 20.3 Å². The van der Waals surface area contributed by atoms with E-state index < -0.39 is 34.5 Å². The Labute approximate surface area is 241 Å². The molecule has 0 saturated heterocycles. The minimum absolute atomic E-state index is 0.0468. The maximum Gasteiger partial charge on any atom is 0.315 e. The van der Waals surface area contributed by atoms with Gasteiger partial charge in [-0.15, -0.1) is 0 Å². The second-order valence-corrected chi connectivity index (χ2v) is 9.86. The quantitative estimate of drug-likeness (QED) is 0.137. The summed E-state index contributed by atoms with van der Waals surface area (Å²) in [5.41, 5.74) is -0.202. The number of anilines is 1. The number of aromatic nitrogens is 2. The van der Waals surface area contributed by atoms with Gasteiger partial charge in [-0.1, -0.05) is 41.9 Å². The molecular weight excluding hydrogens is 601 g/mol. The molecule has 212 valence electrons. The zero-order valence-corrected chi connectivity index (χ0v) is 23.8. The van der Waals surface area contributed by atoms with Crippen LogP contribution in [0.2, 0.25) is 0 Å². The van der Waals surface area contributed by atoms with Crippen molar-refractivity contribution in [3.63, 3.8) is 0 Å². The number of hydrogen-bond donors (Lipinski definition) is 1. The Morgan fingerprint density at radius 1 is 1.27 bits per heavy atom. The molecule has 0 fully saturated rings. The molecule has 1 N–H and O–H groups in total. The Morgan fingerprint density at radius 3 is 2.71 bits per heavy atom. The van der Waals surface area contributed by atoms with Crippen LogP contribution in [0.5, 0.6) is 11.5 Å². The average Bonchev–Trinajstić information content (AvgIpc) is 2.96. The third-order valence-electron chi connectivity index (χ3n) is 6.18. The lowest BCUT2D eigenvalue weighted by atomic mass is 10.1. The highest BCUT2D eigenvalue weighted by Crippen LogP contribution is 2.38. The predicted molar refractivity (Wildman–Crippen MR) is 156 cm³/mol. The van der Waals surface area contributed by atoms with Crippen LogP contribution in [0.15, 0.2) is 69.0 Å². The van der Waals surface area contributed by atoms with E-state index in [2.05, 4.69) is 31.3 Å². The monoisotopic (exact) mass is 625 g/mol. The first kappa shape index (κ1) is 29.3. The minimum atomic E-state index is -0.732. The number of amides is 1. The summed E-state index contributed by atoms with van der Waals surface area (Å²) < 4.78 is 26.5. The first-order valence-electron chi connectivity index (χ1n) is 12.4. The number of nitro benzene ring substituents is 1. The van der Waals surface area contributed by atoms with Gasteiger partial charge in [0, 0.05) is 22.0 Å². The topological polar surface area (TPSA) is 138 Å². The molecule has 0 aliphatic rings. The van der Waals surface area contributed by atoms with Crippen molar-refractivity contribution in [3.05, 3.63) is 96.7 Å². The summed E-state index contributed by atoms with van der Waals surface area (Å²) in [7, 11) is 1.28. The molecule has 0 saturated carbocycles. The molecule has 0 aliphatic carbocycles. The lowest BCUT2D eigenvalue weighted by molar-refractivity contribution is -0.385. The number of carbonyl (C=O) groups excluding carboxylic acids is 1. The van der Waals surface area contributed by atoms with Gasteiger partial charge in [-0.3, -0.25) is 19.7 Å². The molecule has 0 spiro atoms. The number of benzene rings is 3. The molecule has 0 bridgehead atoms. The van der Waals surface area contributed by atoms with Gasteiger partial charge >= 0.3 is 5.69 Å². The van der Waals surface area contributed by atoms with Gasteiger partial charge in [0.15, 0.2) is 12.4 Å². The SMILES string of the molecule is CC[C@H](C)c1nc2ccc(Br)cc2c(=O)n1N=Cc1cc(OC)c(OCC(=O)Nc2ccccc2F)c([N+](=O)[O-])c1. The summed E-state index contributed by atoms with van der Waals surface area (Å²) in [5.74, 6) is -1.39. The normalized spacial score (nSPS) is 11.9. The van der Waals surface area contributed by atoms with E-state index in [1.807, 2.05) is 13.8 Å². The van der Waals surface area contributed by atoms with E-state index >= 15 is 0 Å². The van der Waals surface area contributed by atoms with Crippen molar-refractivity contribution in [2.45, 2.75) is 26.2 Å². The fraction of sp³-hybridized carbons (Fsp3) is 0.214. The maximum atomic E-state index is 13.8.